The second kappa shape index (κ2) is 10.6. The van der Waals surface area contributed by atoms with E-state index < -0.39 is 0 Å². The van der Waals surface area contributed by atoms with Crippen LogP contribution in [0.25, 0.3) is 5.52 Å². The molecule has 8 heteroatoms. The van der Waals surface area contributed by atoms with Crippen molar-refractivity contribution < 1.29 is 19.1 Å². The first kappa shape index (κ1) is 25.3. The predicted molar refractivity (Wildman–Crippen MR) is 146 cm³/mol. The highest BCUT2D eigenvalue weighted by molar-refractivity contribution is 6.09. The molecule has 2 aromatic carbocycles. The molecule has 0 unspecified atom stereocenters. The van der Waals surface area contributed by atoms with Crippen LogP contribution in [-0.2, 0) is 0 Å². The molecule has 2 aromatic heterocycles. The molecule has 1 fully saturated rings. The fourth-order valence-electron chi connectivity index (χ4n) is 5.23. The largest absolute Gasteiger partial charge is 0.496 e. The fraction of sp³-hybridized carbons (Fsp3) is 0.300. The number of likely N-dealkylation sites (tertiary alicyclic amines) is 1. The number of fused-ring (bicyclic) bond motifs is 1. The van der Waals surface area contributed by atoms with E-state index in [2.05, 4.69) is 22.5 Å². The third-order valence-corrected chi connectivity index (χ3v) is 7.41. The Balaban J connectivity index is 1.21. The maximum absolute atomic E-state index is 13.2. The van der Waals surface area contributed by atoms with Gasteiger partial charge in [-0.15, -0.1) is 0 Å². The fourth-order valence-corrected chi connectivity index (χ4v) is 5.23. The maximum atomic E-state index is 13.2. The number of nitrogens with zero attached hydrogens (tertiary/aromatic N) is 3. The summed E-state index contributed by atoms with van der Waals surface area (Å²) in [6.07, 6.45) is 5.18. The van der Waals surface area contributed by atoms with Gasteiger partial charge in [0.1, 0.15) is 11.5 Å². The SMILES string of the molecule is COc1cc(C(=O)N2CCC(c3ccc(NC(=O)c4cnn5cccc(C)c45)cc3)CC2)cc(OC)c1C. The molecule has 1 aliphatic heterocycles. The van der Waals surface area contributed by atoms with Crippen molar-refractivity contribution in [1.82, 2.24) is 14.5 Å². The molecule has 5 rings (SSSR count). The van der Waals surface area contributed by atoms with Crippen LogP contribution in [0.2, 0.25) is 0 Å². The molecule has 0 atom stereocenters. The van der Waals surface area contributed by atoms with E-state index in [-0.39, 0.29) is 11.8 Å². The van der Waals surface area contributed by atoms with Gasteiger partial charge in [0.25, 0.3) is 11.8 Å². The van der Waals surface area contributed by atoms with Gasteiger partial charge in [-0.1, -0.05) is 18.2 Å². The third-order valence-electron chi connectivity index (χ3n) is 7.41. The van der Waals surface area contributed by atoms with Gasteiger partial charge in [-0.25, -0.2) is 4.52 Å². The van der Waals surface area contributed by atoms with Crippen LogP contribution in [0.5, 0.6) is 11.5 Å². The number of benzene rings is 2. The number of anilines is 1. The number of hydrogen-bond acceptors (Lipinski definition) is 5. The summed E-state index contributed by atoms with van der Waals surface area (Å²) in [5.41, 5.74) is 5.75. The normalized spacial score (nSPS) is 13.9. The number of carbonyl (C=O) groups is 2. The number of piperidine rings is 1. The van der Waals surface area contributed by atoms with Crippen LogP contribution in [0.15, 0.2) is 60.9 Å². The van der Waals surface area contributed by atoms with Crippen molar-refractivity contribution >= 4 is 23.0 Å². The Kier molecular flexibility index (Phi) is 7.05. The highest BCUT2D eigenvalue weighted by Crippen LogP contribution is 2.33. The third kappa shape index (κ3) is 4.81. The monoisotopic (exact) mass is 512 g/mol. The van der Waals surface area contributed by atoms with Crippen molar-refractivity contribution in [2.24, 2.45) is 0 Å². The Bertz CT molecular complexity index is 1460. The van der Waals surface area contributed by atoms with Gasteiger partial charge in [0, 0.05) is 36.1 Å². The van der Waals surface area contributed by atoms with E-state index in [1.807, 2.05) is 49.2 Å². The minimum Gasteiger partial charge on any atom is -0.496 e. The Hall–Kier alpha value is -4.33. The molecule has 1 aliphatic rings. The second-order valence-corrected chi connectivity index (χ2v) is 9.69. The van der Waals surface area contributed by atoms with Crippen molar-refractivity contribution in [3.63, 3.8) is 0 Å². The van der Waals surface area contributed by atoms with Crippen molar-refractivity contribution in [1.29, 1.82) is 0 Å². The molecule has 1 saturated heterocycles. The number of methoxy groups -OCH3 is 2. The lowest BCUT2D eigenvalue weighted by Gasteiger charge is -2.32. The van der Waals surface area contributed by atoms with Crippen molar-refractivity contribution in [3.05, 3.63) is 88.7 Å². The summed E-state index contributed by atoms with van der Waals surface area (Å²) in [6.45, 7) is 5.23. The molecular weight excluding hydrogens is 480 g/mol. The lowest BCUT2D eigenvalue weighted by Crippen LogP contribution is -2.38. The number of hydrogen-bond donors (Lipinski definition) is 1. The van der Waals surface area contributed by atoms with Gasteiger partial charge in [-0.05, 0) is 74.1 Å². The molecule has 4 aromatic rings. The molecule has 0 spiro atoms. The van der Waals surface area contributed by atoms with Crippen LogP contribution < -0.4 is 14.8 Å². The summed E-state index contributed by atoms with van der Waals surface area (Å²) in [5.74, 6) is 1.45. The molecular formula is C30H32N4O4. The summed E-state index contributed by atoms with van der Waals surface area (Å²) in [7, 11) is 3.19. The van der Waals surface area contributed by atoms with Gasteiger partial charge < -0.3 is 19.7 Å². The lowest BCUT2D eigenvalue weighted by molar-refractivity contribution is 0.0712. The first-order chi connectivity index (χ1) is 18.4. The van der Waals surface area contributed by atoms with Crippen LogP contribution in [0, 0.1) is 13.8 Å². The Morgan fingerprint density at radius 1 is 0.974 bits per heavy atom. The van der Waals surface area contributed by atoms with E-state index in [1.54, 1.807) is 37.1 Å². The maximum Gasteiger partial charge on any atom is 0.259 e. The number of aryl methyl sites for hydroxylation is 1. The van der Waals surface area contributed by atoms with Crippen LogP contribution in [0.3, 0.4) is 0 Å². The number of rotatable bonds is 6. The molecule has 196 valence electrons. The molecule has 2 amide bonds. The number of ether oxygens (including phenoxy) is 2. The van der Waals surface area contributed by atoms with Crippen molar-refractivity contribution in [2.45, 2.75) is 32.6 Å². The van der Waals surface area contributed by atoms with E-state index >= 15 is 0 Å². The molecule has 0 bridgehead atoms. The zero-order valence-corrected chi connectivity index (χ0v) is 22.2. The Morgan fingerprint density at radius 3 is 2.26 bits per heavy atom. The predicted octanol–water partition coefficient (Wildman–Crippen LogP) is 5.24. The Labute approximate surface area is 222 Å². The van der Waals surface area contributed by atoms with Gasteiger partial charge in [-0.2, -0.15) is 5.10 Å². The first-order valence-corrected chi connectivity index (χ1v) is 12.8. The highest BCUT2D eigenvalue weighted by atomic mass is 16.5. The van der Waals surface area contributed by atoms with E-state index in [0.29, 0.717) is 41.6 Å². The smallest absolute Gasteiger partial charge is 0.259 e. The first-order valence-electron chi connectivity index (χ1n) is 12.8. The summed E-state index contributed by atoms with van der Waals surface area (Å²) >= 11 is 0. The summed E-state index contributed by atoms with van der Waals surface area (Å²) < 4.78 is 12.6. The van der Waals surface area contributed by atoms with Gasteiger partial charge in [-0.3, -0.25) is 9.59 Å². The minimum absolute atomic E-state index is 0.0129. The van der Waals surface area contributed by atoms with Crippen LogP contribution in [0.1, 0.15) is 56.2 Å². The minimum atomic E-state index is -0.182. The number of amides is 2. The molecule has 1 N–H and O–H groups in total. The summed E-state index contributed by atoms with van der Waals surface area (Å²) in [5, 5.41) is 7.28. The summed E-state index contributed by atoms with van der Waals surface area (Å²) in [6, 6.07) is 15.5. The zero-order chi connectivity index (χ0) is 26.8. The molecule has 8 nitrogen and oxygen atoms in total. The van der Waals surface area contributed by atoms with Crippen molar-refractivity contribution in [2.75, 3.05) is 32.6 Å². The second-order valence-electron chi connectivity index (χ2n) is 9.69. The number of carbonyl (C=O) groups excluding carboxylic acids is 2. The highest BCUT2D eigenvalue weighted by Gasteiger charge is 2.26. The van der Waals surface area contributed by atoms with Crippen LogP contribution in [0.4, 0.5) is 5.69 Å². The standard InChI is InChI=1S/C30H32N4O4/c1-19-6-5-13-34-28(19)25(18-31-34)29(35)32-24-9-7-21(8-10-24)22-11-14-33(15-12-22)30(36)23-16-26(37-3)20(2)27(17-23)38-4/h5-10,13,16-18,22H,11-12,14-15H2,1-4H3,(H,32,35). The van der Waals surface area contributed by atoms with E-state index in [9.17, 15) is 9.59 Å². The van der Waals surface area contributed by atoms with E-state index in [0.717, 1.165) is 35.2 Å². The van der Waals surface area contributed by atoms with Gasteiger partial charge in [0.15, 0.2) is 0 Å². The summed E-state index contributed by atoms with van der Waals surface area (Å²) in [4.78, 5) is 28.0. The van der Waals surface area contributed by atoms with Gasteiger partial charge in [0.05, 0.1) is 31.5 Å². The van der Waals surface area contributed by atoms with Gasteiger partial charge >= 0.3 is 0 Å². The average molecular weight is 513 g/mol. The van der Waals surface area contributed by atoms with E-state index in [1.165, 1.54) is 5.56 Å². The quantitative estimate of drug-likeness (QED) is 0.382. The molecule has 3 heterocycles. The molecule has 0 radical (unpaired) electrons. The van der Waals surface area contributed by atoms with Crippen molar-refractivity contribution in [3.8, 4) is 11.5 Å². The topological polar surface area (TPSA) is 85.2 Å². The number of nitrogens with one attached hydrogen (secondary N) is 1. The van der Waals surface area contributed by atoms with Gasteiger partial charge in [0.2, 0.25) is 0 Å². The molecule has 0 aliphatic carbocycles. The molecule has 38 heavy (non-hydrogen) atoms. The molecule has 0 saturated carbocycles. The average Bonchev–Trinajstić information content (AvgIpc) is 3.39. The number of pyridine rings is 1. The van der Waals surface area contributed by atoms with Crippen LogP contribution >= 0.6 is 0 Å². The Morgan fingerprint density at radius 2 is 1.63 bits per heavy atom. The number of aromatic nitrogens is 2. The van der Waals surface area contributed by atoms with E-state index in [4.69, 9.17) is 9.47 Å². The zero-order valence-electron chi connectivity index (χ0n) is 22.2. The lowest BCUT2D eigenvalue weighted by atomic mass is 9.89. The van der Waals surface area contributed by atoms with Crippen LogP contribution in [-0.4, -0.2) is 53.6 Å².